The number of rotatable bonds is 3. The molecule has 0 aromatic rings. The summed E-state index contributed by atoms with van der Waals surface area (Å²) in [4.78, 5) is 11.2. The first kappa shape index (κ1) is 9.05. The standard InChI is InChI=1S/C9H14N2O/c1-3-7-4-8(7)11-9(12)6(2)5-10/h6-8H,3-4H2,1-2H3,(H,11,12)/t6?,7-,8-/m1/s1. The predicted octanol–water partition coefficient (Wildman–Crippen LogP) is 1.06. The van der Waals surface area contributed by atoms with E-state index in [1.165, 1.54) is 0 Å². The van der Waals surface area contributed by atoms with E-state index in [0.29, 0.717) is 12.0 Å². The van der Waals surface area contributed by atoms with Crippen molar-refractivity contribution in [3.05, 3.63) is 0 Å². The zero-order valence-corrected chi connectivity index (χ0v) is 7.50. The molecule has 1 rings (SSSR count). The maximum Gasteiger partial charge on any atom is 0.237 e. The van der Waals surface area contributed by atoms with E-state index in [9.17, 15) is 4.79 Å². The van der Waals surface area contributed by atoms with E-state index < -0.39 is 5.92 Å². The maximum absolute atomic E-state index is 11.2. The molecule has 0 spiro atoms. The van der Waals surface area contributed by atoms with Crippen molar-refractivity contribution in [2.45, 2.75) is 32.7 Å². The largest absolute Gasteiger partial charge is 0.352 e. The van der Waals surface area contributed by atoms with Gasteiger partial charge in [-0.25, -0.2) is 0 Å². The lowest BCUT2D eigenvalue weighted by atomic mass is 10.2. The van der Waals surface area contributed by atoms with Crippen LogP contribution in [-0.2, 0) is 4.79 Å². The van der Waals surface area contributed by atoms with E-state index in [4.69, 9.17) is 5.26 Å². The Hall–Kier alpha value is -1.04. The topological polar surface area (TPSA) is 52.9 Å². The van der Waals surface area contributed by atoms with Gasteiger partial charge in [0.05, 0.1) is 6.07 Å². The number of nitriles is 1. The van der Waals surface area contributed by atoms with Crippen LogP contribution >= 0.6 is 0 Å². The minimum atomic E-state index is -0.511. The molecule has 1 aliphatic rings. The predicted molar refractivity (Wildman–Crippen MR) is 45.1 cm³/mol. The van der Waals surface area contributed by atoms with Crippen molar-refractivity contribution in [3.63, 3.8) is 0 Å². The molecule has 3 heteroatoms. The van der Waals surface area contributed by atoms with Crippen LogP contribution in [-0.4, -0.2) is 11.9 Å². The molecule has 1 saturated carbocycles. The number of nitrogens with zero attached hydrogens (tertiary/aromatic N) is 1. The number of hydrogen-bond donors (Lipinski definition) is 1. The molecule has 1 fully saturated rings. The molecule has 1 N–H and O–H groups in total. The van der Waals surface area contributed by atoms with Gasteiger partial charge in [-0.3, -0.25) is 4.79 Å². The van der Waals surface area contributed by atoms with Crippen LogP contribution < -0.4 is 5.32 Å². The Labute approximate surface area is 72.8 Å². The molecular formula is C9H14N2O. The Bertz CT molecular complexity index is 219. The number of hydrogen-bond acceptors (Lipinski definition) is 2. The first-order valence-electron chi connectivity index (χ1n) is 4.39. The summed E-state index contributed by atoms with van der Waals surface area (Å²) in [5.41, 5.74) is 0. The molecule has 0 bridgehead atoms. The summed E-state index contributed by atoms with van der Waals surface area (Å²) in [5.74, 6) is 0.0152. The molecule has 0 saturated heterocycles. The summed E-state index contributed by atoms with van der Waals surface area (Å²) in [7, 11) is 0. The van der Waals surface area contributed by atoms with Crippen molar-refractivity contribution in [3.8, 4) is 6.07 Å². The molecule has 0 heterocycles. The minimum absolute atomic E-state index is 0.126. The van der Waals surface area contributed by atoms with Crippen molar-refractivity contribution in [1.82, 2.24) is 5.32 Å². The van der Waals surface area contributed by atoms with Crippen LogP contribution in [0.2, 0.25) is 0 Å². The summed E-state index contributed by atoms with van der Waals surface area (Å²) in [5, 5.41) is 11.3. The Morgan fingerprint density at radius 2 is 2.50 bits per heavy atom. The fraction of sp³-hybridized carbons (Fsp3) is 0.778. The molecule has 3 atom stereocenters. The van der Waals surface area contributed by atoms with E-state index in [-0.39, 0.29) is 5.91 Å². The van der Waals surface area contributed by atoms with Gasteiger partial charge in [0.25, 0.3) is 0 Å². The summed E-state index contributed by atoms with van der Waals surface area (Å²) in [6, 6.07) is 2.26. The second-order valence-corrected chi connectivity index (χ2v) is 3.37. The van der Waals surface area contributed by atoms with Crippen LogP contribution in [0.5, 0.6) is 0 Å². The van der Waals surface area contributed by atoms with Gasteiger partial charge in [-0.05, 0) is 19.3 Å². The summed E-state index contributed by atoms with van der Waals surface area (Å²) < 4.78 is 0. The third-order valence-corrected chi connectivity index (χ3v) is 2.36. The number of nitrogens with one attached hydrogen (secondary N) is 1. The van der Waals surface area contributed by atoms with Gasteiger partial charge in [-0.15, -0.1) is 0 Å². The van der Waals surface area contributed by atoms with Crippen molar-refractivity contribution in [2.75, 3.05) is 0 Å². The third-order valence-electron chi connectivity index (χ3n) is 2.36. The smallest absolute Gasteiger partial charge is 0.237 e. The fourth-order valence-corrected chi connectivity index (χ4v) is 1.24. The lowest BCUT2D eigenvalue weighted by Crippen LogP contribution is -2.31. The van der Waals surface area contributed by atoms with Gasteiger partial charge in [0.1, 0.15) is 5.92 Å². The molecule has 3 nitrogen and oxygen atoms in total. The fourth-order valence-electron chi connectivity index (χ4n) is 1.24. The molecule has 1 amide bonds. The second-order valence-electron chi connectivity index (χ2n) is 3.37. The van der Waals surface area contributed by atoms with E-state index in [2.05, 4.69) is 12.2 Å². The summed E-state index contributed by atoms with van der Waals surface area (Å²) >= 11 is 0. The van der Waals surface area contributed by atoms with Crippen molar-refractivity contribution < 1.29 is 4.79 Å². The van der Waals surface area contributed by atoms with E-state index >= 15 is 0 Å². The van der Waals surface area contributed by atoms with Crippen molar-refractivity contribution in [2.24, 2.45) is 11.8 Å². The SMILES string of the molecule is CC[C@@H]1C[C@H]1NC(=O)C(C)C#N. The van der Waals surface area contributed by atoms with Gasteiger partial charge >= 0.3 is 0 Å². The quantitative estimate of drug-likeness (QED) is 0.681. The van der Waals surface area contributed by atoms with Gasteiger partial charge < -0.3 is 5.32 Å². The zero-order valence-electron chi connectivity index (χ0n) is 7.50. The Balaban J connectivity index is 2.25. The highest BCUT2D eigenvalue weighted by Crippen LogP contribution is 2.33. The Morgan fingerprint density at radius 3 is 2.92 bits per heavy atom. The van der Waals surface area contributed by atoms with E-state index in [0.717, 1.165) is 12.8 Å². The van der Waals surface area contributed by atoms with E-state index in [1.807, 2.05) is 6.07 Å². The molecule has 1 unspecified atom stereocenters. The zero-order chi connectivity index (χ0) is 9.14. The van der Waals surface area contributed by atoms with Crippen LogP contribution in [0.4, 0.5) is 0 Å². The molecule has 66 valence electrons. The molecule has 0 aromatic carbocycles. The van der Waals surface area contributed by atoms with Gasteiger partial charge in [0.2, 0.25) is 5.91 Å². The molecule has 0 aliphatic heterocycles. The van der Waals surface area contributed by atoms with Gasteiger partial charge in [-0.2, -0.15) is 5.26 Å². The average molecular weight is 166 g/mol. The lowest BCUT2D eigenvalue weighted by Gasteiger charge is -2.04. The highest BCUT2D eigenvalue weighted by molar-refractivity contribution is 5.81. The third kappa shape index (κ3) is 1.97. The molecule has 1 aliphatic carbocycles. The van der Waals surface area contributed by atoms with Gasteiger partial charge in [0, 0.05) is 6.04 Å². The van der Waals surface area contributed by atoms with Crippen LogP contribution in [0.25, 0.3) is 0 Å². The maximum atomic E-state index is 11.2. The molecule has 0 aromatic heterocycles. The minimum Gasteiger partial charge on any atom is -0.352 e. The molecule has 0 radical (unpaired) electrons. The highest BCUT2D eigenvalue weighted by atomic mass is 16.1. The average Bonchev–Trinajstić information content (AvgIpc) is 2.81. The number of carbonyl (C=O) groups excluding carboxylic acids is 1. The highest BCUT2D eigenvalue weighted by Gasteiger charge is 2.37. The van der Waals surface area contributed by atoms with Gasteiger partial charge in [0.15, 0.2) is 0 Å². The van der Waals surface area contributed by atoms with Gasteiger partial charge in [-0.1, -0.05) is 13.3 Å². The Kier molecular flexibility index (Phi) is 2.69. The van der Waals surface area contributed by atoms with Crippen LogP contribution in [0.15, 0.2) is 0 Å². The van der Waals surface area contributed by atoms with Crippen LogP contribution in [0.3, 0.4) is 0 Å². The van der Waals surface area contributed by atoms with Crippen LogP contribution in [0.1, 0.15) is 26.7 Å². The monoisotopic (exact) mass is 166 g/mol. The molecule has 12 heavy (non-hydrogen) atoms. The summed E-state index contributed by atoms with van der Waals surface area (Å²) in [6.45, 7) is 3.74. The first-order chi connectivity index (χ1) is 5.69. The van der Waals surface area contributed by atoms with Crippen molar-refractivity contribution in [1.29, 1.82) is 5.26 Å². The summed E-state index contributed by atoms with van der Waals surface area (Å²) in [6.07, 6.45) is 2.20. The lowest BCUT2D eigenvalue weighted by molar-refractivity contribution is -0.123. The number of carbonyl (C=O) groups is 1. The Morgan fingerprint density at radius 1 is 1.83 bits per heavy atom. The van der Waals surface area contributed by atoms with Crippen LogP contribution in [0, 0.1) is 23.2 Å². The number of amides is 1. The van der Waals surface area contributed by atoms with E-state index in [1.54, 1.807) is 6.92 Å². The normalized spacial score (nSPS) is 28.8. The second kappa shape index (κ2) is 3.57. The van der Waals surface area contributed by atoms with Crippen molar-refractivity contribution >= 4 is 5.91 Å². The first-order valence-corrected chi connectivity index (χ1v) is 4.39. The molecular weight excluding hydrogens is 152 g/mol.